The molecular formula is C10H16O3. The van der Waals surface area contributed by atoms with Crippen molar-refractivity contribution >= 4 is 5.97 Å². The molecule has 0 saturated heterocycles. The molecule has 1 aliphatic rings. The van der Waals surface area contributed by atoms with E-state index in [0.29, 0.717) is 6.42 Å². The molecule has 1 atom stereocenters. The van der Waals surface area contributed by atoms with Crippen LogP contribution in [0.5, 0.6) is 0 Å². The summed E-state index contributed by atoms with van der Waals surface area (Å²) in [4.78, 5) is 10.8. The Morgan fingerprint density at radius 3 is 3.15 bits per heavy atom. The molecule has 1 rings (SSSR count). The van der Waals surface area contributed by atoms with Gasteiger partial charge in [0, 0.05) is 6.42 Å². The Kier molecular flexibility index (Phi) is 3.96. The zero-order valence-electron chi connectivity index (χ0n) is 7.95. The van der Waals surface area contributed by atoms with E-state index in [1.54, 1.807) is 0 Å². The van der Waals surface area contributed by atoms with Crippen LogP contribution >= 0.6 is 0 Å². The Bertz CT molecular complexity index is 208. The number of ether oxygens (including phenoxy) is 1. The lowest BCUT2D eigenvalue weighted by Crippen LogP contribution is -2.12. The number of methoxy groups -OCH3 is 1. The van der Waals surface area contributed by atoms with Gasteiger partial charge in [0.15, 0.2) is 0 Å². The smallest absolute Gasteiger partial charge is 0.305 e. The van der Waals surface area contributed by atoms with Crippen LogP contribution in [0.4, 0.5) is 0 Å². The maximum atomic E-state index is 10.8. The Hall–Kier alpha value is -0.830. The van der Waals surface area contributed by atoms with E-state index in [-0.39, 0.29) is 12.1 Å². The zero-order valence-corrected chi connectivity index (χ0v) is 7.95. The van der Waals surface area contributed by atoms with Crippen LogP contribution in [0, 0.1) is 0 Å². The Morgan fingerprint density at radius 2 is 2.54 bits per heavy atom. The number of hydrogen-bond acceptors (Lipinski definition) is 3. The Labute approximate surface area is 78.4 Å². The highest BCUT2D eigenvalue weighted by molar-refractivity contribution is 5.69. The van der Waals surface area contributed by atoms with Crippen LogP contribution in [-0.4, -0.2) is 24.3 Å². The second kappa shape index (κ2) is 5.02. The standard InChI is InChI=1S/C10H16O3/c1-13-10(12)6-5-8-3-2-4-9(11)7-8/h3,9,11H,2,4-7H2,1H3. The van der Waals surface area contributed by atoms with Gasteiger partial charge in [-0.05, 0) is 25.7 Å². The highest BCUT2D eigenvalue weighted by Crippen LogP contribution is 2.21. The molecule has 1 unspecified atom stereocenters. The zero-order chi connectivity index (χ0) is 9.68. The molecule has 0 aromatic heterocycles. The van der Waals surface area contributed by atoms with Gasteiger partial charge in [-0.2, -0.15) is 0 Å². The SMILES string of the molecule is COC(=O)CCC1=CCCC(O)C1. The van der Waals surface area contributed by atoms with Crippen LogP contribution < -0.4 is 0 Å². The third-order valence-electron chi connectivity index (χ3n) is 2.31. The first-order valence-corrected chi connectivity index (χ1v) is 4.65. The molecular weight excluding hydrogens is 168 g/mol. The maximum absolute atomic E-state index is 10.8. The molecule has 74 valence electrons. The molecule has 0 aromatic carbocycles. The van der Waals surface area contributed by atoms with Crippen LogP contribution in [0.1, 0.15) is 32.1 Å². The topological polar surface area (TPSA) is 46.5 Å². The highest BCUT2D eigenvalue weighted by atomic mass is 16.5. The van der Waals surface area contributed by atoms with Crippen molar-refractivity contribution in [2.45, 2.75) is 38.2 Å². The third-order valence-corrected chi connectivity index (χ3v) is 2.31. The molecule has 1 aliphatic carbocycles. The minimum Gasteiger partial charge on any atom is -0.469 e. The van der Waals surface area contributed by atoms with E-state index >= 15 is 0 Å². The summed E-state index contributed by atoms with van der Waals surface area (Å²) < 4.78 is 4.54. The van der Waals surface area contributed by atoms with Gasteiger partial charge in [0.05, 0.1) is 13.2 Å². The summed E-state index contributed by atoms with van der Waals surface area (Å²) >= 11 is 0. The van der Waals surface area contributed by atoms with Gasteiger partial charge in [0.1, 0.15) is 0 Å². The van der Waals surface area contributed by atoms with E-state index in [1.165, 1.54) is 12.7 Å². The number of aliphatic hydroxyl groups is 1. The number of carbonyl (C=O) groups is 1. The van der Waals surface area contributed by atoms with Crippen molar-refractivity contribution in [1.29, 1.82) is 0 Å². The fourth-order valence-corrected chi connectivity index (χ4v) is 1.54. The molecule has 0 radical (unpaired) electrons. The van der Waals surface area contributed by atoms with Gasteiger partial charge in [-0.25, -0.2) is 0 Å². The van der Waals surface area contributed by atoms with Gasteiger partial charge >= 0.3 is 5.97 Å². The number of allylic oxidation sites excluding steroid dienone is 1. The lowest BCUT2D eigenvalue weighted by molar-refractivity contribution is -0.140. The first kappa shape index (κ1) is 10.3. The number of aliphatic hydroxyl groups excluding tert-OH is 1. The molecule has 0 spiro atoms. The quantitative estimate of drug-likeness (QED) is 0.533. The lowest BCUT2D eigenvalue weighted by atomic mass is 9.94. The van der Waals surface area contributed by atoms with Crippen LogP contribution in [-0.2, 0) is 9.53 Å². The summed E-state index contributed by atoms with van der Waals surface area (Å²) in [6.45, 7) is 0. The van der Waals surface area contributed by atoms with Gasteiger partial charge in [-0.1, -0.05) is 11.6 Å². The van der Waals surface area contributed by atoms with Crippen LogP contribution in [0.25, 0.3) is 0 Å². The Balaban J connectivity index is 2.28. The molecule has 0 aliphatic heterocycles. The molecule has 3 heteroatoms. The van der Waals surface area contributed by atoms with E-state index in [0.717, 1.165) is 25.7 Å². The summed E-state index contributed by atoms with van der Waals surface area (Å²) in [7, 11) is 1.40. The van der Waals surface area contributed by atoms with E-state index < -0.39 is 0 Å². The number of carbonyl (C=O) groups excluding carboxylic acids is 1. The molecule has 1 N–H and O–H groups in total. The monoisotopic (exact) mass is 184 g/mol. The lowest BCUT2D eigenvalue weighted by Gasteiger charge is -2.17. The fraction of sp³-hybridized carbons (Fsp3) is 0.700. The molecule has 0 bridgehead atoms. The molecule has 0 fully saturated rings. The van der Waals surface area contributed by atoms with Gasteiger partial charge < -0.3 is 9.84 Å². The number of esters is 1. The number of rotatable bonds is 3. The summed E-state index contributed by atoms with van der Waals surface area (Å²) in [5, 5.41) is 9.35. The highest BCUT2D eigenvalue weighted by Gasteiger charge is 2.13. The Morgan fingerprint density at radius 1 is 1.77 bits per heavy atom. The molecule has 0 saturated carbocycles. The van der Waals surface area contributed by atoms with Gasteiger partial charge in [0.2, 0.25) is 0 Å². The van der Waals surface area contributed by atoms with Crippen LogP contribution in [0.2, 0.25) is 0 Å². The number of hydrogen-bond donors (Lipinski definition) is 1. The van der Waals surface area contributed by atoms with Gasteiger partial charge in [0.25, 0.3) is 0 Å². The second-order valence-electron chi connectivity index (χ2n) is 3.37. The molecule has 0 heterocycles. The molecule has 0 aromatic rings. The van der Waals surface area contributed by atoms with Crippen LogP contribution in [0.15, 0.2) is 11.6 Å². The minimum absolute atomic E-state index is 0.180. The first-order chi connectivity index (χ1) is 6.22. The molecule has 3 nitrogen and oxygen atoms in total. The summed E-state index contributed by atoms with van der Waals surface area (Å²) in [5.74, 6) is -0.180. The van der Waals surface area contributed by atoms with Crippen molar-refractivity contribution < 1.29 is 14.6 Å². The van der Waals surface area contributed by atoms with Crippen molar-refractivity contribution in [3.05, 3.63) is 11.6 Å². The predicted octanol–water partition coefficient (Wildman–Crippen LogP) is 1.41. The first-order valence-electron chi connectivity index (χ1n) is 4.65. The summed E-state index contributed by atoms with van der Waals surface area (Å²) in [6.07, 6.45) is 5.56. The van der Waals surface area contributed by atoms with E-state index in [1.807, 2.05) is 0 Å². The van der Waals surface area contributed by atoms with Crippen molar-refractivity contribution in [3.63, 3.8) is 0 Å². The van der Waals surface area contributed by atoms with Gasteiger partial charge in [-0.15, -0.1) is 0 Å². The van der Waals surface area contributed by atoms with Gasteiger partial charge in [-0.3, -0.25) is 4.79 Å². The van der Waals surface area contributed by atoms with Crippen molar-refractivity contribution in [1.82, 2.24) is 0 Å². The fourth-order valence-electron chi connectivity index (χ4n) is 1.54. The van der Waals surface area contributed by atoms with Crippen molar-refractivity contribution in [2.75, 3.05) is 7.11 Å². The minimum atomic E-state index is -0.211. The van der Waals surface area contributed by atoms with Crippen molar-refractivity contribution in [3.8, 4) is 0 Å². The van der Waals surface area contributed by atoms with Crippen LogP contribution in [0.3, 0.4) is 0 Å². The normalized spacial score (nSPS) is 22.3. The van der Waals surface area contributed by atoms with Crippen molar-refractivity contribution in [2.24, 2.45) is 0 Å². The largest absolute Gasteiger partial charge is 0.469 e. The summed E-state index contributed by atoms with van der Waals surface area (Å²) in [6, 6.07) is 0. The predicted molar refractivity (Wildman–Crippen MR) is 49.2 cm³/mol. The summed E-state index contributed by atoms with van der Waals surface area (Å²) in [5.41, 5.74) is 1.18. The van der Waals surface area contributed by atoms with E-state index in [2.05, 4.69) is 10.8 Å². The molecule has 0 amide bonds. The average Bonchev–Trinajstić information content (AvgIpc) is 2.14. The third kappa shape index (κ3) is 3.59. The second-order valence-corrected chi connectivity index (χ2v) is 3.37. The van der Waals surface area contributed by atoms with E-state index in [4.69, 9.17) is 0 Å². The molecule has 13 heavy (non-hydrogen) atoms. The maximum Gasteiger partial charge on any atom is 0.305 e. The average molecular weight is 184 g/mol. The van der Waals surface area contributed by atoms with E-state index in [9.17, 15) is 9.90 Å².